The normalized spacial score (nSPS) is 16.7. The van der Waals surface area contributed by atoms with Crippen molar-refractivity contribution < 1.29 is 9.47 Å². The lowest BCUT2D eigenvalue weighted by Gasteiger charge is -1.95. The first-order valence-electron chi connectivity index (χ1n) is 3.48. The molecule has 2 nitrogen and oxygen atoms in total. The van der Waals surface area contributed by atoms with Gasteiger partial charge in [-0.1, -0.05) is 12.2 Å². The van der Waals surface area contributed by atoms with Gasteiger partial charge in [-0.05, 0) is 13.3 Å². The molecule has 0 saturated carbocycles. The molecule has 0 atom stereocenters. The highest BCUT2D eigenvalue weighted by molar-refractivity contribution is 4.93. The molecule has 56 valence electrons. The highest BCUT2D eigenvalue weighted by atomic mass is 16.7. The van der Waals surface area contributed by atoms with E-state index in [4.69, 9.17) is 9.47 Å². The molecule has 0 bridgehead atoms. The van der Waals surface area contributed by atoms with Crippen LogP contribution in [-0.4, -0.2) is 6.79 Å². The molecule has 0 aromatic carbocycles. The molecular weight excluding hydrogens is 128 g/mol. The minimum atomic E-state index is 0.394. The molecule has 0 N–H and O–H groups in total. The third-order valence-corrected chi connectivity index (χ3v) is 1.32. The molecule has 0 saturated heterocycles. The maximum atomic E-state index is 5.10. The topological polar surface area (TPSA) is 18.5 Å². The third kappa shape index (κ3) is 2.13. The lowest BCUT2D eigenvalue weighted by Crippen LogP contribution is -1.84. The molecular formula is C8H12O2. The third-order valence-electron chi connectivity index (χ3n) is 1.32. The van der Waals surface area contributed by atoms with Gasteiger partial charge in [0.05, 0.1) is 0 Å². The van der Waals surface area contributed by atoms with E-state index in [0.717, 1.165) is 18.6 Å². The van der Waals surface area contributed by atoms with Crippen LogP contribution >= 0.6 is 0 Å². The maximum Gasteiger partial charge on any atom is 0.229 e. The molecule has 0 amide bonds. The Hall–Kier alpha value is -0.920. The molecule has 0 radical (unpaired) electrons. The van der Waals surface area contributed by atoms with Crippen LogP contribution < -0.4 is 0 Å². The quantitative estimate of drug-likeness (QED) is 0.559. The minimum Gasteiger partial charge on any atom is -0.462 e. The molecule has 1 heterocycles. The van der Waals surface area contributed by atoms with Gasteiger partial charge in [0, 0.05) is 6.42 Å². The summed E-state index contributed by atoms with van der Waals surface area (Å²) in [5.74, 6) is 0.957. The number of ether oxygens (including phenoxy) is 2. The highest BCUT2D eigenvalue weighted by Crippen LogP contribution is 2.12. The van der Waals surface area contributed by atoms with Crippen LogP contribution in [0.4, 0.5) is 0 Å². The number of allylic oxidation sites excluding steroid dienone is 3. The van der Waals surface area contributed by atoms with E-state index in [1.54, 1.807) is 6.26 Å². The summed E-state index contributed by atoms with van der Waals surface area (Å²) in [6.07, 6.45) is 7.82. The van der Waals surface area contributed by atoms with E-state index in [0.29, 0.717) is 6.79 Å². The lowest BCUT2D eigenvalue weighted by molar-refractivity contribution is 0.0780. The monoisotopic (exact) mass is 140 g/mol. The first-order chi connectivity index (χ1) is 4.93. The Morgan fingerprint density at radius 1 is 1.70 bits per heavy atom. The molecule has 10 heavy (non-hydrogen) atoms. The largest absolute Gasteiger partial charge is 0.462 e. The summed E-state index contributed by atoms with van der Waals surface area (Å²) in [5.41, 5.74) is 0. The van der Waals surface area contributed by atoms with Crippen molar-refractivity contribution in [3.8, 4) is 0 Å². The summed E-state index contributed by atoms with van der Waals surface area (Å²) < 4.78 is 9.98. The van der Waals surface area contributed by atoms with Crippen molar-refractivity contribution in [3.63, 3.8) is 0 Å². The Morgan fingerprint density at radius 3 is 3.20 bits per heavy atom. The lowest BCUT2D eigenvalue weighted by atomic mass is 10.2. The Bertz CT molecular complexity index is 147. The summed E-state index contributed by atoms with van der Waals surface area (Å²) in [4.78, 5) is 0. The second-order valence-electron chi connectivity index (χ2n) is 2.12. The van der Waals surface area contributed by atoms with E-state index >= 15 is 0 Å². The Kier molecular flexibility index (Phi) is 2.87. The maximum absolute atomic E-state index is 5.10. The summed E-state index contributed by atoms with van der Waals surface area (Å²) >= 11 is 0. The average molecular weight is 140 g/mol. The Labute approximate surface area is 61.1 Å². The van der Waals surface area contributed by atoms with E-state index in [1.807, 2.05) is 13.0 Å². The number of rotatable bonds is 3. The zero-order chi connectivity index (χ0) is 7.23. The second kappa shape index (κ2) is 3.99. The van der Waals surface area contributed by atoms with Crippen molar-refractivity contribution in [1.82, 2.24) is 0 Å². The fourth-order valence-electron chi connectivity index (χ4n) is 0.794. The molecule has 0 fully saturated rings. The molecule has 0 spiro atoms. The van der Waals surface area contributed by atoms with Gasteiger partial charge in [-0.2, -0.15) is 0 Å². The first kappa shape index (κ1) is 7.19. The highest BCUT2D eigenvalue weighted by Gasteiger charge is 2.03. The summed E-state index contributed by atoms with van der Waals surface area (Å²) in [5, 5.41) is 0. The van der Waals surface area contributed by atoms with Gasteiger partial charge < -0.3 is 9.47 Å². The van der Waals surface area contributed by atoms with Crippen molar-refractivity contribution in [2.24, 2.45) is 0 Å². The van der Waals surface area contributed by atoms with Gasteiger partial charge in [0.1, 0.15) is 12.0 Å². The molecule has 1 aliphatic rings. The average Bonchev–Trinajstić information content (AvgIpc) is 2.41. The smallest absolute Gasteiger partial charge is 0.229 e. The predicted molar refractivity (Wildman–Crippen MR) is 39.2 cm³/mol. The molecule has 1 aliphatic heterocycles. The molecule has 2 heteroatoms. The van der Waals surface area contributed by atoms with Gasteiger partial charge in [0.2, 0.25) is 6.79 Å². The van der Waals surface area contributed by atoms with E-state index < -0.39 is 0 Å². The van der Waals surface area contributed by atoms with Crippen LogP contribution in [0.2, 0.25) is 0 Å². The van der Waals surface area contributed by atoms with Crippen LogP contribution in [0.3, 0.4) is 0 Å². The summed E-state index contributed by atoms with van der Waals surface area (Å²) in [7, 11) is 0. The molecule has 0 aromatic heterocycles. The van der Waals surface area contributed by atoms with Crippen LogP contribution in [0.15, 0.2) is 24.2 Å². The fraction of sp³-hybridized carbons (Fsp3) is 0.500. The second-order valence-corrected chi connectivity index (χ2v) is 2.12. The van der Waals surface area contributed by atoms with Crippen molar-refractivity contribution in [3.05, 3.63) is 24.2 Å². The Balaban J connectivity index is 2.12. The van der Waals surface area contributed by atoms with E-state index in [9.17, 15) is 0 Å². The van der Waals surface area contributed by atoms with Gasteiger partial charge in [0.25, 0.3) is 0 Å². The zero-order valence-corrected chi connectivity index (χ0v) is 6.17. The zero-order valence-electron chi connectivity index (χ0n) is 6.17. The van der Waals surface area contributed by atoms with Gasteiger partial charge in [-0.3, -0.25) is 0 Å². The van der Waals surface area contributed by atoms with Gasteiger partial charge in [0.15, 0.2) is 0 Å². The van der Waals surface area contributed by atoms with Crippen molar-refractivity contribution in [2.75, 3.05) is 6.79 Å². The van der Waals surface area contributed by atoms with E-state index in [1.165, 1.54) is 0 Å². The number of hydrogen-bond acceptors (Lipinski definition) is 2. The van der Waals surface area contributed by atoms with Gasteiger partial charge in [-0.15, -0.1) is 0 Å². The SMILES string of the molecule is C/C=C\CCC1=COCO1. The fourth-order valence-corrected chi connectivity index (χ4v) is 0.794. The van der Waals surface area contributed by atoms with Crippen LogP contribution in [0.1, 0.15) is 19.8 Å². The molecule has 0 unspecified atom stereocenters. The standard InChI is InChI=1S/C8H12O2/c1-2-3-4-5-8-6-9-7-10-8/h2-3,6H,4-5,7H2,1H3/b3-2-. The van der Waals surface area contributed by atoms with Gasteiger partial charge in [-0.25, -0.2) is 0 Å². The molecule has 0 aliphatic carbocycles. The van der Waals surface area contributed by atoms with Crippen LogP contribution in [0, 0.1) is 0 Å². The van der Waals surface area contributed by atoms with Crippen molar-refractivity contribution in [2.45, 2.75) is 19.8 Å². The van der Waals surface area contributed by atoms with Crippen LogP contribution in [0.25, 0.3) is 0 Å². The minimum absolute atomic E-state index is 0.394. The molecule has 0 aromatic rings. The van der Waals surface area contributed by atoms with Crippen molar-refractivity contribution >= 4 is 0 Å². The van der Waals surface area contributed by atoms with E-state index in [2.05, 4.69) is 6.08 Å². The molecule has 1 rings (SSSR count). The van der Waals surface area contributed by atoms with Crippen molar-refractivity contribution in [1.29, 1.82) is 0 Å². The number of hydrogen-bond donors (Lipinski definition) is 0. The summed E-state index contributed by atoms with van der Waals surface area (Å²) in [6.45, 7) is 2.41. The van der Waals surface area contributed by atoms with E-state index in [-0.39, 0.29) is 0 Å². The van der Waals surface area contributed by atoms with Crippen LogP contribution in [-0.2, 0) is 9.47 Å². The van der Waals surface area contributed by atoms with Crippen LogP contribution in [0.5, 0.6) is 0 Å². The predicted octanol–water partition coefficient (Wildman–Crippen LogP) is 2.19. The van der Waals surface area contributed by atoms with Gasteiger partial charge >= 0.3 is 0 Å². The Morgan fingerprint density at radius 2 is 2.60 bits per heavy atom. The first-order valence-corrected chi connectivity index (χ1v) is 3.48. The summed E-state index contributed by atoms with van der Waals surface area (Å²) in [6, 6.07) is 0.